The summed E-state index contributed by atoms with van der Waals surface area (Å²) in [6.07, 6.45) is 34.1. The molecule has 2 heteroatoms. The van der Waals surface area contributed by atoms with E-state index in [0.717, 1.165) is 16.7 Å². The molecule has 0 spiro atoms. The average molecular weight is 567 g/mol. The topological polar surface area (TPSA) is 37.3 Å². The van der Waals surface area contributed by atoms with Gasteiger partial charge in [0.15, 0.2) is 5.78 Å². The normalized spacial score (nSPS) is 24.8. The number of carbonyl (C=O) groups is 1. The Bertz CT molecular complexity index is 1320. The van der Waals surface area contributed by atoms with E-state index in [2.05, 4.69) is 128 Å². The van der Waals surface area contributed by atoms with Gasteiger partial charge in [0.05, 0.1) is 0 Å². The number of aliphatic hydroxyl groups excluding tert-OH is 1. The van der Waals surface area contributed by atoms with Gasteiger partial charge >= 0.3 is 0 Å². The van der Waals surface area contributed by atoms with Gasteiger partial charge < -0.3 is 5.11 Å². The van der Waals surface area contributed by atoms with Crippen LogP contribution < -0.4 is 0 Å². The summed E-state index contributed by atoms with van der Waals surface area (Å²) in [4.78, 5) is 12.2. The van der Waals surface area contributed by atoms with Gasteiger partial charge in [0.2, 0.25) is 0 Å². The molecule has 2 aliphatic rings. The molecule has 0 fully saturated rings. The van der Waals surface area contributed by atoms with Gasteiger partial charge in [-0.05, 0) is 82.8 Å². The number of hydrogen-bond donors (Lipinski definition) is 1. The molecule has 2 aliphatic carbocycles. The summed E-state index contributed by atoms with van der Waals surface area (Å²) < 4.78 is 0. The van der Waals surface area contributed by atoms with E-state index in [1.165, 1.54) is 29.6 Å². The lowest BCUT2D eigenvalue weighted by atomic mass is 9.68. The van der Waals surface area contributed by atoms with Crippen molar-refractivity contribution in [2.75, 3.05) is 0 Å². The molecule has 0 amide bonds. The SMILES string of the molecule is CC(C=CC=C(C)C=CC1=C(C)C(=O)C(O)CC1(C)C)=CC=CC=C(C)C=CC=C(C)C=CC1C(C)=CCCC1(C)C. The van der Waals surface area contributed by atoms with Crippen molar-refractivity contribution in [2.45, 2.75) is 94.6 Å². The molecule has 1 N–H and O–H groups in total. The van der Waals surface area contributed by atoms with Crippen molar-refractivity contribution in [3.63, 3.8) is 0 Å². The van der Waals surface area contributed by atoms with Crippen molar-refractivity contribution in [1.82, 2.24) is 0 Å². The third kappa shape index (κ3) is 10.9. The molecule has 0 aliphatic heterocycles. The van der Waals surface area contributed by atoms with Gasteiger partial charge in [-0.25, -0.2) is 0 Å². The third-order valence-electron chi connectivity index (χ3n) is 8.43. The van der Waals surface area contributed by atoms with Gasteiger partial charge in [-0.1, -0.05) is 147 Å². The second-order valence-electron chi connectivity index (χ2n) is 13.4. The molecule has 2 unspecified atom stereocenters. The van der Waals surface area contributed by atoms with Crippen LogP contribution >= 0.6 is 0 Å². The zero-order chi connectivity index (χ0) is 31.5. The molecule has 2 nitrogen and oxygen atoms in total. The monoisotopic (exact) mass is 566 g/mol. The summed E-state index contributed by atoms with van der Waals surface area (Å²) in [6, 6.07) is 0. The second-order valence-corrected chi connectivity index (χ2v) is 13.4. The highest BCUT2D eigenvalue weighted by Gasteiger charge is 2.36. The van der Waals surface area contributed by atoms with Crippen LogP contribution in [0.15, 0.2) is 130 Å². The largest absolute Gasteiger partial charge is 0.385 e. The van der Waals surface area contributed by atoms with Crippen molar-refractivity contribution in [3.05, 3.63) is 130 Å². The molecule has 0 aromatic rings. The first-order chi connectivity index (χ1) is 19.6. The van der Waals surface area contributed by atoms with Crippen LogP contribution in [-0.4, -0.2) is 17.0 Å². The maximum Gasteiger partial charge on any atom is 0.187 e. The summed E-state index contributed by atoms with van der Waals surface area (Å²) in [7, 11) is 0. The molecule has 2 rings (SSSR count). The minimum atomic E-state index is -0.892. The summed E-state index contributed by atoms with van der Waals surface area (Å²) >= 11 is 0. The molecule has 0 saturated heterocycles. The molecule has 0 radical (unpaired) electrons. The van der Waals surface area contributed by atoms with Crippen molar-refractivity contribution < 1.29 is 9.90 Å². The zero-order valence-corrected chi connectivity index (χ0v) is 27.8. The molecule has 0 heterocycles. The van der Waals surface area contributed by atoms with Crippen LogP contribution in [0.3, 0.4) is 0 Å². The minimum absolute atomic E-state index is 0.160. The lowest BCUT2D eigenvalue weighted by Gasteiger charge is -2.36. The van der Waals surface area contributed by atoms with Crippen LogP contribution in [0.4, 0.5) is 0 Å². The van der Waals surface area contributed by atoms with Gasteiger partial charge in [0, 0.05) is 5.92 Å². The molecule has 0 saturated carbocycles. The van der Waals surface area contributed by atoms with Crippen LogP contribution in [0, 0.1) is 16.7 Å². The van der Waals surface area contributed by atoms with Crippen LogP contribution in [0.5, 0.6) is 0 Å². The number of aliphatic hydroxyl groups is 1. The fourth-order valence-corrected chi connectivity index (χ4v) is 5.71. The number of ketones is 1. The van der Waals surface area contributed by atoms with Crippen LogP contribution in [0.2, 0.25) is 0 Å². The zero-order valence-electron chi connectivity index (χ0n) is 27.8. The van der Waals surface area contributed by atoms with E-state index in [1.54, 1.807) is 0 Å². The molecule has 2 atom stereocenters. The van der Waals surface area contributed by atoms with Gasteiger partial charge in [-0.3, -0.25) is 4.79 Å². The Morgan fingerprint density at radius 3 is 1.83 bits per heavy atom. The fraction of sp³-hybridized carbons (Fsp3) is 0.425. The van der Waals surface area contributed by atoms with Crippen molar-refractivity contribution >= 4 is 5.78 Å². The van der Waals surface area contributed by atoms with Crippen molar-refractivity contribution in [3.8, 4) is 0 Å². The Hall–Kier alpha value is -3.23. The molecule has 226 valence electrons. The van der Waals surface area contributed by atoms with Crippen LogP contribution in [0.1, 0.15) is 88.5 Å². The summed E-state index contributed by atoms with van der Waals surface area (Å²) in [5.41, 5.74) is 7.96. The van der Waals surface area contributed by atoms with E-state index in [0.29, 0.717) is 23.3 Å². The third-order valence-corrected chi connectivity index (χ3v) is 8.43. The smallest absolute Gasteiger partial charge is 0.187 e. The minimum Gasteiger partial charge on any atom is -0.385 e. The van der Waals surface area contributed by atoms with Gasteiger partial charge in [0.25, 0.3) is 0 Å². The van der Waals surface area contributed by atoms with Crippen LogP contribution in [-0.2, 0) is 4.79 Å². The Morgan fingerprint density at radius 1 is 0.786 bits per heavy atom. The molecule has 0 aromatic heterocycles. The Morgan fingerprint density at radius 2 is 1.29 bits per heavy atom. The van der Waals surface area contributed by atoms with E-state index in [9.17, 15) is 9.90 Å². The maximum atomic E-state index is 12.2. The standard InChI is InChI=1S/C40H54O2/c1-29(18-13-20-31(3)23-25-35-33(5)22-15-27-39(35,7)8)16-11-12-17-30(2)19-14-21-32(4)24-26-36-34(6)38(42)37(41)28-40(36,9)10/h11-14,16-26,35,37,41H,15,27-28H2,1-10H3. The Balaban J connectivity index is 1.91. The predicted octanol–water partition coefficient (Wildman–Crippen LogP) is 10.6. The average Bonchev–Trinajstić information content (AvgIpc) is 2.88. The summed E-state index contributed by atoms with van der Waals surface area (Å²) in [5, 5.41) is 10.0. The van der Waals surface area contributed by atoms with Gasteiger partial charge in [-0.2, -0.15) is 0 Å². The van der Waals surface area contributed by atoms with Crippen molar-refractivity contribution in [1.29, 1.82) is 0 Å². The molecular formula is C40H54O2. The summed E-state index contributed by atoms with van der Waals surface area (Å²) in [5.74, 6) is 0.353. The van der Waals surface area contributed by atoms with Gasteiger partial charge in [0.1, 0.15) is 6.10 Å². The second kappa shape index (κ2) is 15.8. The highest BCUT2D eigenvalue weighted by atomic mass is 16.3. The number of hydrogen-bond acceptors (Lipinski definition) is 2. The number of carbonyl (C=O) groups excluding carboxylic acids is 1. The first-order valence-electron chi connectivity index (χ1n) is 15.3. The first kappa shape index (κ1) is 35.0. The highest BCUT2D eigenvalue weighted by molar-refractivity contribution is 6.00. The molecule has 0 aromatic carbocycles. The summed E-state index contributed by atoms with van der Waals surface area (Å²) in [6.45, 7) is 21.4. The highest BCUT2D eigenvalue weighted by Crippen LogP contribution is 2.42. The van der Waals surface area contributed by atoms with E-state index >= 15 is 0 Å². The van der Waals surface area contributed by atoms with Gasteiger partial charge in [-0.15, -0.1) is 0 Å². The fourth-order valence-electron chi connectivity index (χ4n) is 5.71. The van der Waals surface area contributed by atoms with E-state index in [-0.39, 0.29) is 11.2 Å². The Labute approximate surface area is 256 Å². The number of Topliss-reactive ketones (excluding diaryl/α,β-unsaturated/α-hetero) is 1. The lowest BCUT2D eigenvalue weighted by Crippen LogP contribution is -2.35. The lowest BCUT2D eigenvalue weighted by molar-refractivity contribution is -0.125. The first-order valence-corrected chi connectivity index (χ1v) is 15.3. The van der Waals surface area contributed by atoms with E-state index in [1.807, 2.05) is 32.1 Å². The van der Waals surface area contributed by atoms with Crippen LogP contribution in [0.25, 0.3) is 0 Å². The predicted molar refractivity (Wildman–Crippen MR) is 183 cm³/mol. The van der Waals surface area contributed by atoms with Crippen molar-refractivity contribution in [2.24, 2.45) is 16.7 Å². The molecule has 0 bridgehead atoms. The molecular weight excluding hydrogens is 512 g/mol. The number of allylic oxidation sites excluding steroid dienone is 21. The maximum absolute atomic E-state index is 12.2. The molecule has 42 heavy (non-hydrogen) atoms. The van der Waals surface area contributed by atoms with E-state index in [4.69, 9.17) is 0 Å². The quantitative estimate of drug-likeness (QED) is 0.211. The van der Waals surface area contributed by atoms with E-state index < -0.39 is 6.10 Å². The number of rotatable bonds is 10. The Kier molecular flexibility index (Phi) is 13.2.